The van der Waals surface area contributed by atoms with Crippen molar-refractivity contribution in [2.24, 2.45) is 0 Å². The molecule has 1 saturated heterocycles. The van der Waals surface area contributed by atoms with Gasteiger partial charge in [-0.05, 0) is 39.3 Å². The van der Waals surface area contributed by atoms with Crippen LogP contribution in [-0.2, 0) is 4.74 Å². The number of nitrogens with zero attached hydrogens (tertiary/aromatic N) is 2. The molecule has 1 aliphatic heterocycles. The van der Waals surface area contributed by atoms with Crippen molar-refractivity contribution in [2.75, 3.05) is 13.2 Å². The summed E-state index contributed by atoms with van der Waals surface area (Å²) in [6.07, 6.45) is -1.03. The molecule has 0 spiro atoms. The molecular weight excluding hydrogens is 368 g/mol. The monoisotopic (exact) mass is 389 g/mol. The number of hydrogen-bond acceptors (Lipinski definition) is 4. The van der Waals surface area contributed by atoms with E-state index in [2.05, 4.69) is 10.3 Å². The highest BCUT2D eigenvalue weighted by Crippen LogP contribution is 2.31. The fourth-order valence-electron chi connectivity index (χ4n) is 2.59. The molecule has 0 radical (unpaired) electrons. The first kappa shape index (κ1) is 20.4. The molecule has 144 valence electrons. The van der Waals surface area contributed by atoms with Crippen molar-refractivity contribution in [2.45, 2.75) is 51.1 Å². The summed E-state index contributed by atoms with van der Waals surface area (Å²) in [4.78, 5) is 29.3. The van der Waals surface area contributed by atoms with Crippen molar-refractivity contribution < 1.29 is 23.1 Å². The number of rotatable bonds is 3. The summed E-state index contributed by atoms with van der Waals surface area (Å²) in [5, 5.41) is 2.71. The lowest BCUT2D eigenvalue weighted by molar-refractivity contribution is -0.0792. The molecule has 1 fully saturated rings. The highest BCUT2D eigenvalue weighted by Gasteiger charge is 2.43. The molecule has 9 heteroatoms. The van der Waals surface area contributed by atoms with Gasteiger partial charge in [-0.15, -0.1) is 0 Å². The van der Waals surface area contributed by atoms with Gasteiger partial charge in [0.05, 0.1) is 12.6 Å². The van der Waals surface area contributed by atoms with E-state index >= 15 is 0 Å². The van der Waals surface area contributed by atoms with Crippen molar-refractivity contribution in [1.82, 2.24) is 15.2 Å². The summed E-state index contributed by atoms with van der Waals surface area (Å²) >= 11 is 5.78. The summed E-state index contributed by atoms with van der Waals surface area (Å²) in [6.45, 7) is 4.43. The molecule has 26 heavy (non-hydrogen) atoms. The van der Waals surface area contributed by atoms with Crippen LogP contribution < -0.4 is 5.32 Å². The summed E-state index contributed by atoms with van der Waals surface area (Å²) in [5.74, 6) is -3.67. The van der Waals surface area contributed by atoms with Gasteiger partial charge < -0.3 is 15.0 Å². The van der Waals surface area contributed by atoms with Crippen LogP contribution in [0, 0.1) is 0 Å². The van der Waals surface area contributed by atoms with Gasteiger partial charge in [0.1, 0.15) is 17.5 Å². The summed E-state index contributed by atoms with van der Waals surface area (Å²) < 4.78 is 32.8. The number of likely N-dealkylation sites (tertiary alicyclic amines) is 1. The van der Waals surface area contributed by atoms with Gasteiger partial charge in [0.2, 0.25) is 0 Å². The minimum absolute atomic E-state index is 0.0160. The van der Waals surface area contributed by atoms with Crippen LogP contribution in [0.4, 0.5) is 13.6 Å². The molecule has 1 aromatic rings. The average Bonchev–Trinajstić information content (AvgIpc) is 2.50. The maximum Gasteiger partial charge on any atom is 0.407 e. The molecule has 1 aromatic heterocycles. The van der Waals surface area contributed by atoms with E-state index in [4.69, 9.17) is 16.3 Å². The number of hydrogen-bond donors (Lipinski definition) is 1. The fraction of sp³-hybridized carbons (Fsp3) is 0.588. The highest BCUT2D eigenvalue weighted by molar-refractivity contribution is 6.29. The highest BCUT2D eigenvalue weighted by atomic mass is 35.5. The molecule has 1 N–H and O–H groups in total. The minimum atomic E-state index is -3.00. The number of aromatic nitrogens is 1. The molecule has 0 saturated carbocycles. The van der Waals surface area contributed by atoms with Crippen LogP contribution in [0.5, 0.6) is 0 Å². The van der Waals surface area contributed by atoms with E-state index in [0.717, 1.165) is 4.90 Å². The predicted molar refractivity (Wildman–Crippen MR) is 92.5 cm³/mol. The lowest BCUT2D eigenvalue weighted by Crippen LogP contribution is -2.54. The standard InChI is InChI=1S/C17H22ClF2N3O3/c1-16(2,3)22-15(25)26-9-11-7-8-17(19,20)10-23(11)14(24)12-5-4-6-13(18)21-12/h4-6,11H,7-10H2,1-3H3,(H,22,25)/t11-/m1/s1. The Morgan fingerprint density at radius 2 is 2.12 bits per heavy atom. The summed E-state index contributed by atoms with van der Waals surface area (Å²) in [6, 6.07) is 3.76. The Bertz CT molecular complexity index is 679. The lowest BCUT2D eigenvalue weighted by atomic mass is 9.99. The molecule has 1 aliphatic rings. The summed E-state index contributed by atoms with van der Waals surface area (Å²) in [5.41, 5.74) is -0.518. The average molecular weight is 390 g/mol. The molecular formula is C17H22ClF2N3O3. The smallest absolute Gasteiger partial charge is 0.407 e. The van der Waals surface area contributed by atoms with E-state index in [-0.39, 0.29) is 30.3 Å². The number of pyridine rings is 1. The second kappa shape index (κ2) is 7.73. The molecule has 0 aromatic carbocycles. The summed E-state index contributed by atoms with van der Waals surface area (Å²) in [7, 11) is 0. The Kier molecular flexibility index (Phi) is 6.05. The van der Waals surface area contributed by atoms with Gasteiger partial charge in [-0.3, -0.25) is 4.79 Å². The van der Waals surface area contributed by atoms with Crippen LogP contribution in [0.15, 0.2) is 18.2 Å². The molecule has 1 atom stereocenters. The van der Waals surface area contributed by atoms with E-state index in [1.807, 2.05) is 0 Å². The molecule has 6 nitrogen and oxygen atoms in total. The lowest BCUT2D eigenvalue weighted by Gasteiger charge is -2.39. The molecule has 0 bridgehead atoms. The van der Waals surface area contributed by atoms with E-state index in [1.54, 1.807) is 20.8 Å². The first-order chi connectivity index (χ1) is 12.0. The van der Waals surface area contributed by atoms with Gasteiger partial charge in [-0.1, -0.05) is 17.7 Å². The molecule has 2 rings (SSSR count). The Labute approximate surface area is 155 Å². The maximum atomic E-state index is 13.8. The van der Waals surface area contributed by atoms with Crippen LogP contribution in [-0.4, -0.2) is 52.5 Å². The zero-order chi connectivity index (χ0) is 19.5. The van der Waals surface area contributed by atoms with E-state index in [1.165, 1.54) is 18.2 Å². The van der Waals surface area contributed by atoms with Crippen molar-refractivity contribution in [1.29, 1.82) is 0 Å². The van der Waals surface area contributed by atoms with Crippen molar-refractivity contribution in [3.8, 4) is 0 Å². The van der Waals surface area contributed by atoms with Crippen LogP contribution in [0.2, 0.25) is 5.15 Å². The Balaban J connectivity index is 2.10. The van der Waals surface area contributed by atoms with Crippen LogP contribution in [0.3, 0.4) is 0 Å². The van der Waals surface area contributed by atoms with Crippen LogP contribution >= 0.6 is 11.6 Å². The zero-order valence-electron chi connectivity index (χ0n) is 14.9. The normalized spacial score (nSPS) is 19.8. The van der Waals surface area contributed by atoms with Gasteiger partial charge in [0.15, 0.2) is 0 Å². The van der Waals surface area contributed by atoms with Crippen molar-refractivity contribution >= 4 is 23.6 Å². The van der Waals surface area contributed by atoms with E-state index in [0.29, 0.717) is 0 Å². The second-order valence-corrected chi connectivity index (χ2v) is 7.69. The Hall–Kier alpha value is -1.96. The third-order valence-corrected chi connectivity index (χ3v) is 3.98. The van der Waals surface area contributed by atoms with Gasteiger partial charge in [-0.2, -0.15) is 0 Å². The molecule has 2 heterocycles. The largest absolute Gasteiger partial charge is 0.447 e. The van der Waals surface area contributed by atoms with Gasteiger partial charge in [0.25, 0.3) is 11.8 Å². The van der Waals surface area contributed by atoms with Crippen LogP contribution in [0.25, 0.3) is 0 Å². The predicted octanol–water partition coefficient (Wildman–Crippen LogP) is 3.50. The first-order valence-electron chi connectivity index (χ1n) is 8.23. The topological polar surface area (TPSA) is 71.5 Å². The van der Waals surface area contributed by atoms with Gasteiger partial charge >= 0.3 is 6.09 Å². The first-order valence-corrected chi connectivity index (χ1v) is 8.61. The quantitative estimate of drug-likeness (QED) is 0.803. The van der Waals surface area contributed by atoms with Gasteiger partial charge in [-0.25, -0.2) is 18.6 Å². The van der Waals surface area contributed by atoms with E-state index < -0.39 is 36.0 Å². The number of carbonyl (C=O) groups excluding carboxylic acids is 2. The Morgan fingerprint density at radius 3 is 2.73 bits per heavy atom. The number of alkyl carbamates (subject to hydrolysis) is 1. The number of alkyl halides is 2. The SMILES string of the molecule is CC(C)(C)NC(=O)OC[C@H]1CCC(F)(F)CN1C(=O)c1cccc(Cl)n1. The second-order valence-electron chi connectivity index (χ2n) is 7.30. The third kappa shape index (κ3) is 5.79. The van der Waals surface area contributed by atoms with Gasteiger partial charge in [0, 0.05) is 12.0 Å². The number of piperidine rings is 1. The zero-order valence-corrected chi connectivity index (χ0v) is 15.6. The maximum absolute atomic E-state index is 13.8. The molecule has 0 unspecified atom stereocenters. The molecule has 2 amide bonds. The third-order valence-electron chi connectivity index (χ3n) is 3.76. The fourth-order valence-corrected chi connectivity index (χ4v) is 2.75. The number of nitrogens with one attached hydrogen (secondary N) is 1. The number of halogens is 3. The number of ether oxygens (including phenoxy) is 1. The van der Waals surface area contributed by atoms with Crippen molar-refractivity contribution in [3.63, 3.8) is 0 Å². The van der Waals surface area contributed by atoms with E-state index in [9.17, 15) is 18.4 Å². The number of carbonyl (C=O) groups is 2. The Morgan fingerprint density at radius 1 is 1.42 bits per heavy atom. The van der Waals surface area contributed by atoms with Crippen molar-refractivity contribution in [3.05, 3.63) is 29.0 Å². The number of amides is 2. The molecule has 0 aliphatic carbocycles. The minimum Gasteiger partial charge on any atom is -0.447 e. The van der Waals surface area contributed by atoms with Crippen LogP contribution in [0.1, 0.15) is 44.1 Å².